The highest BCUT2D eigenvalue weighted by Gasteiger charge is 2.13. The summed E-state index contributed by atoms with van der Waals surface area (Å²) in [7, 11) is 1.58. The van der Waals surface area contributed by atoms with Crippen LogP contribution in [-0.2, 0) is 6.54 Å². The number of carbonyl (C=O) groups is 1. The lowest BCUT2D eigenvalue weighted by Crippen LogP contribution is -2.17. The van der Waals surface area contributed by atoms with Gasteiger partial charge in [0.1, 0.15) is 0 Å². The van der Waals surface area contributed by atoms with E-state index in [-0.39, 0.29) is 18.3 Å². The smallest absolute Gasteiger partial charge is 0.255 e. The van der Waals surface area contributed by atoms with Crippen molar-refractivity contribution in [3.8, 4) is 11.5 Å². The number of hydrogen-bond acceptors (Lipinski definition) is 4. The molecule has 0 radical (unpaired) electrons. The third kappa shape index (κ3) is 7.06. The van der Waals surface area contributed by atoms with Crippen molar-refractivity contribution in [3.63, 3.8) is 0 Å². The van der Waals surface area contributed by atoms with E-state index < -0.39 is 0 Å². The minimum Gasteiger partial charge on any atom is -0.493 e. The van der Waals surface area contributed by atoms with Gasteiger partial charge in [0.05, 0.1) is 13.7 Å². The molecule has 28 heavy (non-hydrogen) atoms. The number of amides is 1. The molecule has 1 amide bonds. The molecule has 2 aromatic carbocycles. The second-order valence-electron chi connectivity index (χ2n) is 6.79. The van der Waals surface area contributed by atoms with Gasteiger partial charge in [-0.25, -0.2) is 0 Å². The zero-order valence-corrected chi connectivity index (χ0v) is 17.9. The van der Waals surface area contributed by atoms with E-state index in [0.29, 0.717) is 36.1 Å². The predicted molar refractivity (Wildman–Crippen MR) is 117 cm³/mol. The first-order valence-electron chi connectivity index (χ1n) is 9.46. The molecule has 0 unspecified atom stereocenters. The first kappa shape index (κ1) is 23.8. The number of rotatable bonds is 10. The first-order valence-corrected chi connectivity index (χ1v) is 9.46. The highest BCUT2D eigenvalue weighted by atomic mass is 35.5. The molecule has 0 atom stereocenters. The van der Waals surface area contributed by atoms with E-state index in [9.17, 15) is 4.79 Å². The maximum Gasteiger partial charge on any atom is 0.255 e. The van der Waals surface area contributed by atoms with E-state index in [1.165, 1.54) is 0 Å². The molecule has 6 heteroatoms. The van der Waals surface area contributed by atoms with Crippen LogP contribution in [0.25, 0.3) is 0 Å². The Hall–Kier alpha value is -2.24. The quantitative estimate of drug-likeness (QED) is 0.588. The molecule has 2 rings (SSSR count). The molecule has 0 saturated heterocycles. The average Bonchev–Trinajstić information content (AvgIpc) is 2.67. The zero-order chi connectivity index (χ0) is 19.6. The second-order valence-corrected chi connectivity index (χ2v) is 6.79. The Bertz CT molecular complexity index is 750. The largest absolute Gasteiger partial charge is 0.493 e. The molecule has 0 aliphatic carbocycles. The summed E-state index contributed by atoms with van der Waals surface area (Å²) in [5.74, 6) is 1.61. The van der Waals surface area contributed by atoms with Crippen LogP contribution < -0.4 is 20.1 Å². The molecule has 154 valence electrons. The summed E-state index contributed by atoms with van der Waals surface area (Å²) >= 11 is 0. The van der Waals surface area contributed by atoms with Crippen LogP contribution in [0.15, 0.2) is 42.5 Å². The Kier molecular flexibility index (Phi) is 10.4. The van der Waals surface area contributed by atoms with Crippen LogP contribution in [0, 0.1) is 5.92 Å². The van der Waals surface area contributed by atoms with Crippen molar-refractivity contribution in [3.05, 3.63) is 53.6 Å². The van der Waals surface area contributed by atoms with Gasteiger partial charge < -0.3 is 20.1 Å². The number of ether oxygens (including phenoxy) is 2. The maximum atomic E-state index is 12.7. The number of methoxy groups -OCH3 is 1. The number of para-hydroxylation sites is 1. The third-order valence-corrected chi connectivity index (χ3v) is 4.21. The van der Waals surface area contributed by atoms with Crippen molar-refractivity contribution in [1.29, 1.82) is 0 Å². The van der Waals surface area contributed by atoms with Crippen molar-refractivity contribution in [1.82, 2.24) is 5.32 Å². The van der Waals surface area contributed by atoms with Gasteiger partial charge in [0, 0.05) is 17.8 Å². The van der Waals surface area contributed by atoms with E-state index in [4.69, 9.17) is 9.47 Å². The monoisotopic (exact) mass is 406 g/mol. The van der Waals surface area contributed by atoms with Crippen LogP contribution in [0.2, 0.25) is 0 Å². The molecule has 0 bridgehead atoms. The average molecular weight is 407 g/mol. The van der Waals surface area contributed by atoms with Crippen LogP contribution >= 0.6 is 12.4 Å². The standard InChI is InChI=1S/C22H30N2O3.ClH/c1-5-23-15-18-8-6-7-9-19(18)24-22(25)17-10-11-20(21(14-17)26-4)27-13-12-16(2)3;/h6-11,14,16,23H,5,12-13,15H2,1-4H3,(H,24,25);1H. The predicted octanol–water partition coefficient (Wildman–Crippen LogP) is 4.90. The van der Waals surface area contributed by atoms with Crippen LogP contribution in [0.1, 0.15) is 43.1 Å². The van der Waals surface area contributed by atoms with E-state index in [1.807, 2.05) is 24.3 Å². The fourth-order valence-corrected chi connectivity index (χ4v) is 2.58. The van der Waals surface area contributed by atoms with E-state index in [1.54, 1.807) is 25.3 Å². The van der Waals surface area contributed by atoms with E-state index in [0.717, 1.165) is 24.2 Å². The molecule has 0 saturated carbocycles. The van der Waals surface area contributed by atoms with Crippen LogP contribution in [0.3, 0.4) is 0 Å². The Morgan fingerprint density at radius 1 is 1.11 bits per heavy atom. The molecule has 0 heterocycles. The van der Waals surface area contributed by atoms with Crippen molar-refractivity contribution >= 4 is 24.0 Å². The van der Waals surface area contributed by atoms with Crippen molar-refractivity contribution in [2.24, 2.45) is 5.92 Å². The van der Waals surface area contributed by atoms with E-state index >= 15 is 0 Å². The van der Waals surface area contributed by atoms with Gasteiger partial charge in [-0.1, -0.05) is 39.0 Å². The molecular weight excluding hydrogens is 376 g/mol. The summed E-state index contributed by atoms with van der Waals surface area (Å²) in [4.78, 5) is 12.7. The van der Waals surface area contributed by atoms with Crippen LogP contribution in [-0.4, -0.2) is 26.2 Å². The summed E-state index contributed by atoms with van der Waals surface area (Å²) in [6.45, 7) is 8.57. The lowest BCUT2D eigenvalue weighted by Gasteiger charge is -2.14. The SMILES string of the molecule is CCNCc1ccccc1NC(=O)c1ccc(OCCC(C)C)c(OC)c1.Cl. The number of halogens is 1. The summed E-state index contributed by atoms with van der Waals surface area (Å²) in [6, 6.07) is 13.1. The topological polar surface area (TPSA) is 59.6 Å². The van der Waals surface area contributed by atoms with Crippen LogP contribution in [0.4, 0.5) is 5.69 Å². The number of anilines is 1. The van der Waals surface area contributed by atoms with Gasteiger partial charge in [-0.05, 0) is 48.7 Å². The molecule has 2 N–H and O–H groups in total. The molecule has 0 aromatic heterocycles. The zero-order valence-electron chi connectivity index (χ0n) is 17.1. The van der Waals surface area contributed by atoms with Gasteiger partial charge in [-0.2, -0.15) is 0 Å². The number of nitrogens with one attached hydrogen (secondary N) is 2. The van der Waals surface area contributed by atoms with E-state index in [2.05, 4.69) is 31.4 Å². The Morgan fingerprint density at radius 2 is 1.86 bits per heavy atom. The fraction of sp³-hybridized carbons (Fsp3) is 0.409. The van der Waals surface area contributed by atoms with Gasteiger partial charge in [-0.3, -0.25) is 4.79 Å². The summed E-state index contributed by atoms with van der Waals surface area (Å²) in [6.07, 6.45) is 0.966. The first-order chi connectivity index (χ1) is 13.0. The third-order valence-electron chi connectivity index (χ3n) is 4.21. The maximum absolute atomic E-state index is 12.7. The van der Waals surface area contributed by atoms with Crippen LogP contribution in [0.5, 0.6) is 11.5 Å². The minimum atomic E-state index is -0.175. The molecule has 5 nitrogen and oxygen atoms in total. The molecular formula is C22H31ClN2O3. The molecule has 0 aliphatic heterocycles. The molecule has 2 aromatic rings. The van der Waals surface area contributed by atoms with Crippen molar-refractivity contribution < 1.29 is 14.3 Å². The number of hydrogen-bond donors (Lipinski definition) is 2. The molecule has 0 spiro atoms. The van der Waals surface area contributed by atoms with Crippen molar-refractivity contribution in [2.45, 2.75) is 33.7 Å². The Balaban J connectivity index is 0.00000392. The van der Waals surface area contributed by atoms with Gasteiger partial charge in [-0.15, -0.1) is 12.4 Å². The summed E-state index contributed by atoms with van der Waals surface area (Å²) < 4.78 is 11.2. The summed E-state index contributed by atoms with van der Waals surface area (Å²) in [5, 5.41) is 6.27. The Morgan fingerprint density at radius 3 is 2.54 bits per heavy atom. The van der Waals surface area contributed by atoms with Crippen molar-refractivity contribution in [2.75, 3.05) is 25.6 Å². The normalized spacial score (nSPS) is 10.3. The number of carbonyl (C=O) groups excluding carboxylic acids is 1. The summed E-state index contributed by atoms with van der Waals surface area (Å²) in [5.41, 5.74) is 2.38. The highest BCUT2D eigenvalue weighted by Crippen LogP contribution is 2.29. The fourth-order valence-electron chi connectivity index (χ4n) is 2.58. The molecule has 0 fully saturated rings. The molecule has 0 aliphatic rings. The second kappa shape index (κ2) is 12.3. The Labute approximate surface area is 174 Å². The van der Waals surface area contributed by atoms with Gasteiger partial charge in [0.2, 0.25) is 0 Å². The van der Waals surface area contributed by atoms with Gasteiger partial charge in [0.25, 0.3) is 5.91 Å². The van der Waals surface area contributed by atoms with Gasteiger partial charge >= 0.3 is 0 Å². The van der Waals surface area contributed by atoms with Gasteiger partial charge in [0.15, 0.2) is 11.5 Å². The highest BCUT2D eigenvalue weighted by molar-refractivity contribution is 6.05. The lowest BCUT2D eigenvalue weighted by molar-refractivity contribution is 0.102. The minimum absolute atomic E-state index is 0. The number of benzene rings is 2. The lowest BCUT2D eigenvalue weighted by atomic mass is 10.1.